The van der Waals surface area contributed by atoms with Crippen LogP contribution in [0.15, 0.2) is 37.1 Å². The normalized spacial score (nSPS) is 11.3. The summed E-state index contributed by atoms with van der Waals surface area (Å²) in [5, 5.41) is 11.9. The lowest BCUT2D eigenvalue weighted by Crippen LogP contribution is -1.94. The number of fused-ring (bicyclic) bond motifs is 2. The lowest BCUT2D eigenvalue weighted by molar-refractivity contribution is 0.421. The Kier molecular flexibility index (Phi) is 3.29. The number of aromatic hydroxyl groups is 1. The van der Waals surface area contributed by atoms with Crippen molar-refractivity contribution in [3.8, 4) is 5.88 Å². The molecule has 0 aliphatic carbocycles. The topological polar surface area (TPSA) is 64.1 Å². The van der Waals surface area contributed by atoms with Gasteiger partial charge in [0.25, 0.3) is 0 Å². The third kappa shape index (κ3) is 2.03. The van der Waals surface area contributed by atoms with E-state index in [1.165, 1.54) is 0 Å². The quantitative estimate of drug-likeness (QED) is 0.718. The molecule has 0 aliphatic heterocycles. The molecule has 1 aromatic carbocycles. The minimum atomic E-state index is 0.202. The maximum absolute atomic E-state index is 10.4. The molecule has 2 aromatic heterocycles. The average molecular weight is 281 g/mol. The molecule has 108 valence electrons. The van der Waals surface area contributed by atoms with Crippen molar-refractivity contribution in [2.24, 2.45) is 0 Å². The Morgan fingerprint density at radius 1 is 1.43 bits per heavy atom. The average Bonchev–Trinajstić information content (AvgIpc) is 2.78. The SMILES string of the molecule is C=CCc1cccc2c(N)c3c(O)n(CCC)cc3nc12. The standard InChI is InChI=1S/C17H19N3O/c1-3-6-11-7-5-8-12-15(18)14-13(19-16(11)12)10-20(9-4-2)17(14)21/h3,5,7-8,10,21H,1,4,6,9,18H2,2H3. The van der Waals surface area contributed by atoms with Gasteiger partial charge >= 0.3 is 0 Å². The molecular weight excluding hydrogens is 262 g/mol. The fourth-order valence-electron chi connectivity index (χ4n) is 2.80. The van der Waals surface area contributed by atoms with Crippen LogP contribution in [0.1, 0.15) is 18.9 Å². The van der Waals surface area contributed by atoms with E-state index in [0.29, 0.717) is 11.1 Å². The number of hydrogen-bond acceptors (Lipinski definition) is 3. The van der Waals surface area contributed by atoms with Crippen LogP contribution in [0.2, 0.25) is 0 Å². The van der Waals surface area contributed by atoms with E-state index in [9.17, 15) is 5.11 Å². The second-order valence-corrected chi connectivity index (χ2v) is 5.24. The maximum atomic E-state index is 10.4. The fraction of sp³-hybridized carbons (Fsp3) is 0.235. The van der Waals surface area contributed by atoms with Crippen molar-refractivity contribution in [1.82, 2.24) is 9.55 Å². The van der Waals surface area contributed by atoms with Crippen molar-refractivity contribution in [3.63, 3.8) is 0 Å². The van der Waals surface area contributed by atoms with Gasteiger partial charge < -0.3 is 15.4 Å². The Balaban J connectivity index is 2.38. The van der Waals surface area contributed by atoms with Gasteiger partial charge in [0.2, 0.25) is 5.88 Å². The third-order valence-electron chi connectivity index (χ3n) is 3.77. The number of allylic oxidation sites excluding steroid dienone is 1. The summed E-state index contributed by atoms with van der Waals surface area (Å²) in [6.07, 6.45) is 5.41. The molecule has 0 spiro atoms. The zero-order valence-corrected chi connectivity index (χ0v) is 12.1. The predicted octanol–water partition coefficient (Wildman–Crippen LogP) is 3.62. The van der Waals surface area contributed by atoms with Gasteiger partial charge in [-0.1, -0.05) is 31.2 Å². The first-order chi connectivity index (χ1) is 10.2. The van der Waals surface area contributed by atoms with Crippen LogP contribution in [0.5, 0.6) is 5.88 Å². The molecule has 0 fully saturated rings. The zero-order valence-electron chi connectivity index (χ0n) is 12.1. The van der Waals surface area contributed by atoms with Crippen molar-refractivity contribution in [1.29, 1.82) is 0 Å². The zero-order chi connectivity index (χ0) is 15.0. The van der Waals surface area contributed by atoms with Gasteiger partial charge in [0.1, 0.15) is 0 Å². The highest BCUT2D eigenvalue weighted by Gasteiger charge is 2.16. The summed E-state index contributed by atoms with van der Waals surface area (Å²) in [5.74, 6) is 0.202. The van der Waals surface area contributed by atoms with Crippen molar-refractivity contribution < 1.29 is 5.11 Å². The summed E-state index contributed by atoms with van der Waals surface area (Å²) >= 11 is 0. The molecular formula is C17H19N3O. The summed E-state index contributed by atoms with van der Waals surface area (Å²) < 4.78 is 1.81. The van der Waals surface area contributed by atoms with Crippen LogP contribution in [0.25, 0.3) is 21.8 Å². The van der Waals surface area contributed by atoms with Gasteiger partial charge in [-0.15, -0.1) is 6.58 Å². The van der Waals surface area contributed by atoms with Crippen LogP contribution >= 0.6 is 0 Å². The second kappa shape index (κ2) is 5.13. The molecule has 0 saturated carbocycles. The molecule has 0 aliphatic rings. The Labute approximate surface area is 123 Å². The van der Waals surface area contributed by atoms with Gasteiger partial charge in [-0.25, -0.2) is 4.98 Å². The molecule has 0 amide bonds. The van der Waals surface area contributed by atoms with Gasteiger partial charge in [-0.3, -0.25) is 0 Å². The van der Waals surface area contributed by atoms with Crippen LogP contribution in [-0.4, -0.2) is 14.7 Å². The van der Waals surface area contributed by atoms with E-state index in [1.54, 1.807) is 4.57 Å². The number of anilines is 1. The number of hydrogen-bond donors (Lipinski definition) is 2. The molecule has 3 aromatic rings. The molecule has 3 N–H and O–H groups in total. The summed E-state index contributed by atoms with van der Waals surface area (Å²) in [5.41, 5.74) is 9.60. The van der Waals surface area contributed by atoms with E-state index in [0.717, 1.165) is 41.4 Å². The lowest BCUT2D eigenvalue weighted by atomic mass is 10.0. The number of nitrogen functional groups attached to an aromatic ring is 1. The molecule has 2 heterocycles. The first-order valence-corrected chi connectivity index (χ1v) is 7.17. The number of aryl methyl sites for hydroxylation is 1. The molecule has 0 radical (unpaired) electrons. The smallest absolute Gasteiger partial charge is 0.202 e. The van der Waals surface area contributed by atoms with Crippen molar-refractivity contribution in [2.75, 3.05) is 5.73 Å². The van der Waals surface area contributed by atoms with Crippen molar-refractivity contribution >= 4 is 27.5 Å². The summed E-state index contributed by atoms with van der Waals surface area (Å²) in [6.45, 7) is 6.60. The van der Waals surface area contributed by atoms with Gasteiger partial charge in [0.05, 0.1) is 22.1 Å². The number of pyridine rings is 1. The van der Waals surface area contributed by atoms with E-state index < -0.39 is 0 Å². The van der Waals surface area contributed by atoms with Crippen molar-refractivity contribution in [2.45, 2.75) is 26.3 Å². The van der Waals surface area contributed by atoms with Gasteiger partial charge in [-0.2, -0.15) is 0 Å². The Morgan fingerprint density at radius 2 is 2.24 bits per heavy atom. The fourth-order valence-corrected chi connectivity index (χ4v) is 2.80. The van der Waals surface area contributed by atoms with E-state index in [-0.39, 0.29) is 5.88 Å². The maximum Gasteiger partial charge on any atom is 0.202 e. The molecule has 4 nitrogen and oxygen atoms in total. The highest BCUT2D eigenvalue weighted by Crippen LogP contribution is 2.36. The van der Waals surface area contributed by atoms with Gasteiger partial charge in [-0.05, 0) is 18.4 Å². The lowest BCUT2D eigenvalue weighted by Gasteiger charge is -2.07. The van der Waals surface area contributed by atoms with E-state index >= 15 is 0 Å². The number of nitrogens with zero attached hydrogens (tertiary/aromatic N) is 2. The van der Waals surface area contributed by atoms with E-state index in [2.05, 4.69) is 13.5 Å². The number of rotatable bonds is 4. The molecule has 0 saturated heterocycles. The Bertz CT molecular complexity index is 833. The molecule has 3 rings (SSSR count). The Morgan fingerprint density at radius 3 is 2.95 bits per heavy atom. The Hall–Kier alpha value is -2.49. The summed E-state index contributed by atoms with van der Waals surface area (Å²) in [6, 6.07) is 5.94. The molecule has 0 bridgehead atoms. The molecule has 0 unspecified atom stereocenters. The monoisotopic (exact) mass is 281 g/mol. The second-order valence-electron chi connectivity index (χ2n) is 5.24. The minimum Gasteiger partial charge on any atom is -0.494 e. The van der Waals surface area contributed by atoms with Gasteiger partial charge in [0.15, 0.2) is 0 Å². The number of nitrogens with two attached hydrogens (primary N) is 1. The van der Waals surface area contributed by atoms with Crippen LogP contribution < -0.4 is 5.73 Å². The number of para-hydroxylation sites is 1. The first-order valence-electron chi connectivity index (χ1n) is 7.17. The molecule has 0 atom stereocenters. The largest absolute Gasteiger partial charge is 0.494 e. The van der Waals surface area contributed by atoms with Crippen LogP contribution in [0.4, 0.5) is 5.69 Å². The molecule has 4 heteroatoms. The van der Waals surface area contributed by atoms with Crippen LogP contribution in [0, 0.1) is 0 Å². The molecule has 21 heavy (non-hydrogen) atoms. The highest BCUT2D eigenvalue weighted by atomic mass is 16.3. The highest BCUT2D eigenvalue weighted by molar-refractivity contribution is 6.09. The summed E-state index contributed by atoms with van der Waals surface area (Å²) in [4.78, 5) is 4.71. The van der Waals surface area contributed by atoms with Gasteiger partial charge in [0, 0.05) is 18.1 Å². The minimum absolute atomic E-state index is 0.202. The van der Waals surface area contributed by atoms with Crippen LogP contribution in [-0.2, 0) is 13.0 Å². The van der Waals surface area contributed by atoms with E-state index in [1.807, 2.05) is 30.5 Å². The van der Waals surface area contributed by atoms with Crippen molar-refractivity contribution in [3.05, 3.63) is 42.6 Å². The number of aromatic nitrogens is 2. The summed E-state index contributed by atoms with van der Waals surface area (Å²) in [7, 11) is 0. The number of benzene rings is 1. The third-order valence-corrected chi connectivity index (χ3v) is 3.77. The first kappa shape index (κ1) is 13.5. The van der Waals surface area contributed by atoms with Crippen LogP contribution in [0.3, 0.4) is 0 Å². The predicted molar refractivity (Wildman–Crippen MR) is 87.5 cm³/mol. The van der Waals surface area contributed by atoms with E-state index in [4.69, 9.17) is 10.7 Å².